The Morgan fingerprint density at radius 3 is 1.29 bits per heavy atom. The Hall–Kier alpha value is -0.130. The number of rotatable bonds is 21. The molecule has 28 heavy (non-hydrogen) atoms. The quantitative estimate of drug-likeness (QED) is 0.154. The first-order chi connectivity index (χ1) is 13.4. The van der Waals surface area contributed by atoms with Crippen LogP contribution in [0.15, 0.2) is 0 Å². The van der Waals surface area contributed by atoms with Crippen molar-refractivity contribution in [1.29, 1.82) is 0 Å². The molecule has 0 aliphatic rings. The lowest BCUT2D eigenvalue weighted by molar-refractivity contribution is 0.147. The molecular formula is C23H48O4S. The summed E-state index contributed by atoms with van der Waals surface area (Å²) in [5.41, 5.74) is 0. The van der Waals surface area contributed by atoms with Gasteiger partial charge in [0.15, 0.2) is 0 Å². The smallest absolute Gasteiger partial charge is 0.267 e. The SMILES string of the molecule is CCCCCCCC(O)CCCCCCCCCCCCCC(C)S(=O)(=O)O. The summed E-state index contributed by atoms with van der Waals surface area (Å²) in [6.45, 7) is 3.81. The lowest BCUT2D eigenvalue weighted by Gasteiger charge is -2.10. The van der Waals surface area contributed by atoms with E-state index in [0.29, 0.717) is 6.42 Å². The van der Waals surface area contributed by atoms with Crippen LogP contribution in [0, 0.1) is 0 Å². The van der Waals surface area contributed by atoms with E-state index in [1.165, 1.54) is 77.0 Å². The maximum absolute atomic E-state index is 10.9. The highest BCUT2D eigenvalue weighted by Gasteiger charge is 2.15. The number of hydrogen-bond acceptors (Lipinski definition) is 3. The maximum Gasteiger partial charge on any atom is 0.267 e. The molecule has 0 radical (unpaired) electrons. The van der Waals surface area contributed by atoms with E-state index in [4.69, 9.17) is 4.55 Å². The van der Waals surface area contributed by atoms with E-state index in [1.807, 2.05) is 0 Å². The minimum absolute atomic E-state index is 0.0814. The molecule has 0 aromatic heterocycles. The minimum Gasteiger partial charge on any atom is -0.393 e. The number of hydrogen-bond donors (Lipinski definition) is 2. The van der Waals surface area contributed by atoms with Gasteiger partial charge in [-0.15, -0.1) is 0 Å². The van der Waals surface area contributed by atoms with Crippen molar-refractivity contribution in [1.82, 2.24) is 0 Å². The molecule has 0 bridgehead atoms. The van der Waals surface area contributed by atoms with Crippen LogP contribution in [0.4, 0.5) is 0 Å². The second-order valence-electron chi connectivity index (χ2n) is 8.65. The van der Waals surface area contributed by atoms with Crippen LogP contribution in [0.25, 0.3) is 0 Å². The summed E-state index contributed by atoms with van der Waals surface area (Å²) < 4.78 is 30.7. The summed E-state index contributed by atoms with van der Waals surface area (Å²) >= 11 is 0. The molecule has 170 valence electrons. The van der Waals surface area contributed by atoms with Gasteiger partial charge in [0.1, 0.15) is 0 Å². The zero-order chi connectivity index (χ0) is 21.1. The van der Waals surface area contributed by atoms with E-state index in [9.17, 15) is 13.5 Å². The van der Waals surface area contributed by atoms with Crippen LogP contribution < -0.4 is 0 Å². The highest BCUT2D eigenvalue weighted by molar-refractivity contribution is 7.86. The van der Waals surface area contributed by atoms with Crippen molar-refractivity contribution in [3.8, 4) is 0 Å². The molecule has 0 amide bonds. The second kappa shape index (κ2) is 18.9. The van der Waals surface area contributed by atoms with Gasteiger partial charge in [0, 0.05) is 0 Å². The van der Waals surface area contributed by atoms with Crippen molar-refractivity contribution in [2.24, 2.45) is 0 Å². The van der Waals surface area contributed by atoms with Crippen molar-refractivity contribution in [2.75, 3.05) is 0 Å². The normalized spacial score (nSPS) is 14.3. The number of unbranched alkanes of at least 4 members (excludes halogenated alkanes) is 14. The fourth-order valence-electron chi connectivity index (χ4n) is 3.68. The Bertz CT molecular complexity index is 422. The average molecular weight is 421 g/mol. The van der Waals surface area contributed by atoms with Gasteiger partial charge in [-0.1, -0.05) is 110 Å². The molecule has 0 aliphatic carbocycles. The third kappa shape index (κ3) is 19.2. The molecule has 0 fully saturated rings. The largest absolute Gasteiger partial charge is 0.393 e. The van der Waals surface area contributed by atoms with Gasteiger partial charge in [0.25, 0.3) is 10.1 Å². The van der Waals surface area contributed by atoms with Crippen LogP contribution in [0.1, 0.15) is 136 Å². The lowest BCUT2D eigenvalue weighted by Crippen LogP contribution is -2.16. The molecule has 0 aliphatic heterocycles. The first-order valence-corrected chi connectivity index (χ1v) is 13.5. The van der Waals surface area contributed by atoms with Crippen LogP contribution in [0.5, 0.6) is 0 Å². The Labute approximate surface area is 175 Å². The lowest BCUT2D eigenvalue weighted by atomic mass is 10.0. The van der Waals surface area contributed by atoms with Gasteiger partial charge in [-0.25, -0.2) is 0 Å². The van der Waals surface area contributed by atoms with Crippen molar-refractivity contribution < 1.29 is 18.1 Å². The molecule has 4 nitrogen and oxygen atoms in total. The topological polar surface area (TPSA) is 74.6 Å². The van der Waals surface area contributed by atoms with Gasteiger partial charge >= 0.3 is 0 Å². The van der Waals surface area contributed by atoms with Crippen LogP contribution in [-0.2, 0) is 10.1 Å². The molecule has 2 atom stereocenters. The summed E-state index contributed by atoms with van der Waals surface area (Å²) in [6, 6.07) is 0. The Balaban J connectivity index is 3.23. The second-order valence-corrected chi connectivity index (χ2v) is 10.5. The van der Waals surface area contributed by atoms with Gasteiger partial charge in [-0.05, 0) is 26.2 Å². The van der Waals surface area contributed by atoms with Gasteiger partial charge in [-0.3, -0.25) is 4.55 Å². The molecular weight excluding hydrogens is 372 g/mol. The predicted molar refractivity (Wildman–Crippen MR) is 120 cm³/mol. The Morgan fingerprint density at radius 1 is 0.607 bits per heavy atom. The fraction of sp³-hybridized carbons (Fsp3) is 1.00. The minimum atomic E-state index is -3.84. The van der Waals surface area contributed by atoms with Crippen LogP contribution in [-0.4, -0.2) is 29.4 Å². The van der Waals surface area contributed by atoms with Crippen molar-refractivity contribution >= 4 is 10.1 Å². The number of aliphatic hydroxyl groups is 1. The van der Waals surface area contributed by atoms with E-state index < -0.39 is 15.4 Å². The monoisotopic (exact) mass is 420 g/mol. The van der Waals surface area contributed by atoms with E-state index in [2.05, 4.69) is 6.92 Å². The fourth-order valence-corrected chi connectivity index (χ4v) is 4.14. The van der Waals surface area contributed by atoms with Gasteiger partial charge in [0.05, 0.1) is 11.4 Å². The zero-order valence-electron chi connectivity index (χ0n) is 18.7. The van der Waals surface area contributed by atoms with Crippen LogP contribution in [0.2, 0.25) is 0 Å². The average Bonchev–Trinajstić information content (AvgIpc) is 2.64. The molecule has 0 saturated carbocycles. The standard InChI is InChI=1S/C23H48O4S/c1-3-4-5-13-17-20-23(24)21-18-15-12-10-8-6-7-9-11-14-16-19-22(2)28(25,26)27/h22-24H,3-21H2,1-2H3,(H,25,26,27). The first kappa shape index (κ1) is 27.9. The number of aliphatic hydroxyl groups excluding tert-OH is 1. The van der Waals surface area contributed by atoms with Gasteiger partial charge in [0.2, 0.25) is 0 Å². The molecule has 0 spiro atoms. The molecule has 5 heteroatoms. The molecule has 0 aromatic rings. The van der Waals surface area contributed by atoms with Crippen LogP contribution in [0.3, 0.4) is 0 Å². The van der Waals surface area contributed by atoms with E-state index in [1.54, 1.807) is 6.92 Å². The molecule has 0 aromatic carbocycles. The van der Waals surface area contributed by atoms with Gasteiger partial charge in [-0.2, -0.15) is 8.42 Å². The van der Waals surface area contributed by atoms with E-state index >= 15 is 0 Å². The molecule has 2 N–H and O–H groups in total. The van der Waals surface area contributed by atoms with Gasteiger partial charge < -0.3 is 5.11 Å². The summed E-state index contributed by atoms with van der Waals surface area (Å²) in [5, 5.41) is 9.37. The maximum atomic E-state index is 10.9. The summed E-state index contributed by atoms with van der Waals surface area (Å²) in [4.78, 5) is 0. The van der Waals surface area contributed by atoms with Crippen molar-refractivity contribution in [3.63, 3.8) is 0 Å². The first-order valence-electron chi connectivity index (χ1n) is 12.0. The summed E-state index contributed by atoms with van der Waals surface area (Å²) in [5.74, 6) is 0. The van der Waals surface area contributed by atoms with Crippen molar-refractivity contribution in [3.05, 3.63) is 0 Å². The third-order valence-corrected chi connectivity index (χ3v) is 7.05. The Morgan fingerprint density at radius 2 is 0.929 bits per heavy atom. The van der Waals surface area contributed by atoms with Crippen LogP contribution >= 0.6 is 0 Å². The molecule has 0 heterocycles. The van der Waals surface area contributed by atoms with E-state index in [-0.39, 0.29) is 6.10 Å². The highest BCUT2D eigenvalue weighted by Crippen LogP contribution is 2.16. The summed E-state index contributed by atoms with van der Waals surface area (Å²) in [6.07, 6.45) is 22.0. The zero-order valence-corrected chi connectivity index (χ0v) is 19.5. The molecule has 0 saturated heterocycles. The predicted octanol–water partition coefficient (Wildman–Crippen LogP) is 7.06. The van der Waals surface area contributed by atoms with Crippen molar-refractivity contribution in [2.45, 2.75) is 147 Å². The summed E-state index contributed by atoms with van der Waals surface area (Å²) in [7, 11) is -3.84. The van der Waals surface area contributed by atoms with E-state index in [0.717, 1.165) is 38.5 Å². The third-order valence-electron chi connectivity index (χ3n) is 5.80. The Kier molecular flexibility index (Phi) is 18.8. The highest BCUT2D eigenvalue weighted by atomic mass is 32.2. The molecule has 0 rings (SSSR count). The molecule has 2 unspecified atom stereocenters.